The minimum atomic E-state index is -0.853. The van der Waals surface area contributed by atoms with Crippen LogP contribution in [0, 0.1) is 5.92 Å². The highest BCUT2D eigenvalue weighted by Crippen LogP contribution is 2.47. The van der Waals surface area contributed by atoms with Gasteiger partial charge in [0.15, 0.2) is 17.3 Å². The number of amides is 1. The highest BCUT2D eigenvalue weighted by atomic mass is 32.2. The number of methoxy groups -OCH3 is 1. The fourth-order valence-corrected chi connectivity index (χ4v) is 5.10. The fourth-order valence-electron chi connectivity index (χ4n) is 3.76. The fraction of sp³-hybridized carbons (Fsp3) is 0.429. The Hall–Kier alpha value is -2.61. The normalized spacial score (nSPS) is 20.6. The van der Waals surface area contributed by atoms with Gasteiger partial charge in [0.1, 0.15) is 5.92 Å². The van der Waals surface area contributed by atoms with Gasteiger partial charge in [0.2, 0.25) is 0 Å². The smallest absolute Gasteiger partial charge is 0.303 e. The van der Waals surface area contributed by atoms with Crippen LogP contribution in [0.5, 0.6) is 11.5 Å². The van der Waals surface area contributed by atoms with E-state index in [4.69, 9.17) is 19.6 Å². The van der Waals surface area contributed by atoms with Crippen molar-refractivity contribution in [1.29, 1.82) is 0 Å². The minimum Gasteiger partial charge on any atom is -0.493 e. The number of aliphatic carboxylic acids is 1. The number of nitrogens with zero attached hydrogens (tertiary/aromatic N) is 2. The van der Waals surface area contributed by atoms with Crippen molar-refractivity contribution in [3.63, 3.8) is 0 Å². The van der Waals surface area contributed by atoms with Crippen LogP contribution in [-0.2, 0) is 9.59 Å². The number of carboxylic acids is 1. The largest absolute Gasteiger partial charge is 0.493 e. The van der Waals surface area contributed by atoms with Crippen molar-refractivity contribution >= 4 is 34.5 Å². The first-order valence-corrected chi connectivity index (χ1v) is 10.5. The van der Waals surface area contributed by atoms with Crippen molar-refractivity contribution in [2.24, 2.45) is 15.9 Å². The predicted molar refractivity (Wildman–Crippen MR) is 111 cm³/mol. The molecule has 1 aromatic rings. The maximum absolute atomic E-state index is 12.7. The first-order chi connectivity index (χ1) is 14.1. The van der Waals surface area contributed by atoms with Crippen LogP contribution in [0.15, 0.2) is 38.7 Å². The Kier molecular flexibility index (Phi) is 5.71. The van der Waals surface area contributed by atoms with Gasteiger partial charge in [-0.1, -0.05) is 11.8 Å². The number of allylic oxidation sites excluding steroid dienone is 1. The van der Waals surface area contributed by atoms with E-state index in [9.17, 15) is 9.59 Å². The summed E-state index contributed by atoms with van der Waals surface area (Å²) < 4.78 is 11.0. The summed E-state index contributed by atoms with van der Waals surface area (Å²) in [6.45, 7) is 0.277. The Morgan fingerprint density at radius 2 is 2.07 bits per heavy atom. The summed E-state index contributed by atoms with van der Waals surface area (Å²) in [5.74, 6) is 0.128. The molecule has 29 heavy (non-hydrogen) atoms. The first kappa shape index (κ1) is 19.7. The summed E-state index contributed by atoms with van der Waals surface area (Å²) in [6.07, 6.45) is 4.74. The van der Waals surface area contributed by atoms with E-state index in [2.05, 4.69) is 4.99 Å². The van der Waals surface area contributed by atoms with E-state index in [1.54, 1.807) is 30.0 Å². The average Bonchev–Trinajstić information content (AvgIpc) is 3.10. The molecule has 1 aromatic carbocycles. The lowest BCUT2D eigenvalue weighted by molar-refractivity contribution is -0.137. The molecule has 1 unspecified atom stereocenters. The van der Waals surface area contributed by atoms with Crippen LogP contribution in [0.25, 0.3) is 0 Å². The van der Waals surface area contributed by atoms with Gasteiger partial charge in [0.25, 0.3) is 5.91 Å². The van der Waals surface area contributed by atoms with Crippen LogP contribution >= 0.6 is 11.8 Å². The standard InChI is InChI=1S/C21H22N2O5S/c1-27-15-11-12(8-9-14(15)28-10-4-7-17(24)25)19-22-20(26)18-13-5-2-3-6-16(13)29-21(18)23-19/h8-9,11,18H,2-7,10H2,1H3,(H,24,25). The molecule has 0 bridgehead atoms. The summed E-state index contributed by atoms with van der Waals surface area (Å²) in [5.41, 5.74) is 1.90. The third-order valence-electron chi connectivity index (χ3n) is 5.17. The maximum atomic E-state index is 12.7. The molecule has 2 aliphatic heterocycles. The lowest BCUT2D eigenvalue weighted by Gasteiger charge is -2.18. The topological polar surface area (TPSA) is 97.5 Å². The number of carbonyl (C=O) groups is 2. The number of thioether (sulfide) groups is 1. The van der Waals surface area contributed by atoms with E-state index >= 15 is 0 Å². The molecule has 3 aliphatic rings. The van der Waals surface area contributed by atoms with Crippen LogP contribution in [0.3, 0.4) is 0 Å². The molecule has 0 spiro atoms. The summed E-state index contributed by atoms with van der Waals surface area (Å²) in [4.78, 5) is 33.6. The number of ether oxygens (including phenoxy) is 2. The predicted octanol–water partition coefficient (Wildman–Crippen LogP) is 3.82. The zero-order valence-electron chi connectivity index (χ0n) is 16.1. The maximum Gasteiger partial charge on any atom is 0.303 e. The zero-order valence-corrected chi connectivity index (χ0v) is 17.0. The van der Waals surface area contributed by atoms with E-state index in [1.807, 2.05) is 0 Å². The SMILES string of the molecule is COc1cc(C2=NC(=O)C3C(=N2)SC2=C3CCCC2)ccc1OCCCC(=O)O. The molecular formula is C21H22N2O5S. The Labute approximate surface area is 172 Å². The molecule has 152 valence electrons. The Morgan fingerprint density at radius 3 is 2.86 bits per heavy atom. The van der Waals surface area contributed by atoms with Crippen LogP contribution in [0.2, 0.25) is 0 Å². The molecule has 7 nitrogen and oxygen atoms in total. The van der Waals surface area contributed by atoms with Gasteiger partial charge in [-0.2, -0.15) is 4.99 Å². The van der Waals surface area contributed by atoms with Gasteiger partial charge in [0, 0.05) is 12.0 Å². The van der Waals surface area contributed by atoms with Gasteiger partial charge >= 0.3 is 5.97 Å². The van der Waals surface area contributed by atoms with Crippen LogP contribution in [-0.4, -0.2) is 41.6 Å². The molecule has 1 amide bonds. The molecule has 1 aliphatic carbocycles. The van der Waals surface area contributed by atoms with Gasteiger partial charge in [0.05, 0.1) is 18.8 Å². The lowest BCUT2D eigenvalue weighted by Crippen LogP contribution is -2.26. The van der Waals surface area contributed by atoms with Crippen molar-refractivity contribution in [2.45, 2.75) is 38.5 Å². The van der Waals surface area contributed by atoms with E-state index in [-0.39, 0.29) is 24.9 Å². The Bertz CT molecular complexity index is 950. The average molecular weight is 414 g/mol. The zero-order chi connectivity index (χ0) is 20.4. The summed E-state index contributed by atoms with van der Waals surface area (Å²) in [5, 5.41) is 9.54. The van der Waals surface area contributed by atoms with Crippen LogP contribution in [0.4, 0.5) is 0 Å². The Morgan fingerprint density at radius 1 is 1.24 bits per heavy atom. The number of carboxylic acid groups (broad SMARTS) is 1. The quantitative estimate of drug-likeness (QED) is 0.681. The van der Waals surface area contributed by atoms with Gasteiger partial charge in [-0.15, -0.1) is 0 Å². The van der Waals surface area contributed by atoms with E-state index in [1.165, 1.54) is 24.0 Å². The molecule has 4 rings (SSSR count). The number of fused-ring (bicyclic) bond motifs is 2. The van der Waals surface area contributed by atoms with Crippen LogP contribution in [0.1, 0.15) is 44.1 Å². The second-order valence-corrected chi connectivity index (χ2v) is 8.24. The van der Waals surface area contributed by atoms with Crippen molar-refractivity contribution in [2.75, 3.05) is 13.7 Å². The second-order valence-electron chi connectivity index (χ2n) is 7.13. The van der Waals surface area contributed by atoms with Gasteiger partial charge in [-0.3, -0.25) is 9.59 Å². The van der Waals surface area contributed by atoms with Crippen molar-refractivity contribution in [3.8, 4) is 11.5 Å². The van der Waals surface area contributed by atoms with E-state index < -0.39 is 5.97 Å². The van der Waals surface area contributed by atoms with Crippen molar-refractivity contribution in [3.05, 3.63) is 34.2 Å². The molecule has 0 aromatic heterocycles. The molecule has 1 atom stereocenters. The number of rotatable bonds is 7. The highest BCUT2D eigenvalue weighted by Gasteiger charge is 2.40. The number of carbonyl (C=O) groups excluding carboxylic acids is 1. The first-order valence-electron chi connectivity index (χ1n) is 9.70. The molecule has 8 heteroatoms. The summed E-state index contributed by atoms with van der Waals surface area (Å²) >= 11 is 1.63. The summed E-state index contributed by atoms with van der Waals surface area (Å²) in [6, 6.07) is 5.27. The highest BCUT2D eigenvalue weighted by molar-refractivity contribution is 8.17. The van der Waals surface area contributed by atoms with Crippen molar-refractivity contribution < 1.29 is 24.2 Å². The number of amidine groups is 1. The van der Waals surface area contributed by atoms with Crippen LogP contribution < -0.4 is 9.47 Å². The number of benzene rings is 1. The van der Waals surface area contributed by atoms with Crippen molar-refractivity contribution in [1.82, 2.24) is 0 Å². The third kappa shape index (κ3) is 4.07. The second kappa shape index (κ2) is 8.41. The van der Waals surface area contributed by atoms with E-state index in [0.717, 1.165) is 24.3 Å². The molecule has 0 saturated carbocycles. The molecule has 0 fully saturated rings. The van der Waals surface area contributed by atoms with Gasteiger partial charge < -0.3 is 14.6 Å². The third-order valence-corrected chi connectivity index (χ3v) is 6.42. The minimum absolute atomic E-state index is 0.0493. The lowest BCUT2D eigenvalue weighted by atomic mass is 9.89. The molecule has 0 saturated heterocycles. The Balaban J connectivity index is 1.52. The molecule has 1 N–H and O–H groups in total. The van der Waals surface area contributed by atoms with Gasteiger partial charge in [-0.05, 0) is 60.8 Å². The summed E-state index contributed by atoms with van der Waals surface area (Å²) in [7, 11) is 1.53. The number of hydrogen-bond acceptors (Lipinski definition) is 6. The van der Waals surface area contributed by atoms with Gasteiger partial charge in [-0.25, -0.2) is 4.99 Å². The number of aliphatic imine (C=N–C) groups is 2. The molecule has 2 heterocycles. The molecule has 0 radical (unpaired) electrons. The number of hydrogen-bond donors (Lipinski definition) is 1. The monoisotopic (exact) mass is 414 g/mol. The molecular weight excluding hydrogens is 392 g/mol. The van der Waals surface area contributed by atoms with E-state index in [0.29, 0.717) is 29.3 Å².